The molecule has 2 aromatic rings. The van der Waals surface area contributed by atoms with Crippen molar-refractivity contribution in [2.75, 3.05) is 26.2 Å². The summed E-state index contributed by atoms with van der Waals surface area (Å²) in [5, 5.41) is 1.10. The summed E-state index contributed by atoms with van der Waals surface area (Å²) in [6.07, 6.45) is -0.0123. The number of halogens is 2. The van der Waals surface area contributed by atoms with E-state index in [1.807, 2.05) is 0 Å². The fraction of sp³-hybridized carbons (Fsp3) is 0.318. The monoisotopic (exact) mass is 445 g/mol. The van der Waals surface area contributed by atoms with Gasteiger partial charge in [0.25, 0.3) is 5.24 Å². The SMILES string of the molecule is O=C1NC(=O)[C@@H](CC(=O)N2CCN(C(c3ccc(F)cc3)c3ccc(F)cc3)CC2)S1. The van der Waals surface area contributed by atoms with Crippen LogP contribution in [0.5, 0.6) is 0 Å². The van der Waals surface area contributed by atoms with Crippen LogP contribution in [0, 0.1) is 11.6 Å². The lowest BCUT2D eigenvalue weighted by molar-refractivity contribution is -0.134. The van der Waals surface area contributed by atoms with Crippen molar-refractivity contribution < 1.29 is 23.2 Å². The Morgan fingerprint density at radius 1 is 0.935 bits per heavy atom. The Kier molecular flexibility index (Phi) is 6.33. The van der Waals surface area contributed by atoms with E-state index < -0.39 is 16.4 Å². The number of benzene rings is 2. The number of rotatable bonds is 5. The third-order valence-corrected chi connectivity index (χ3v) is 6.51. The van der Waals surface area contributed by atoms with Crippen molar-refractivity contribution in [1.29, 1.82) is 0 Å². The molecule has 2 aliphatic heterocycles. The molecular formula is C22H21F2N3O3S. The second-order valence-corrected chi connectivity index (χ2v) is 8.69. The van der Waals surface area contributed by atoms with E-state index in [9.17, 15) is 23.2 Å². The summed E-state index contributed by atoms with van der Waals surface area (Å²) in [6, 6.07) is 12.3. The molecule has 0 saturated carbocycles. The minimum Gasteiger partial charge on any atom is -0.340 e. The molecule has 2 aromatic carbocycles. The van der Waals surface area contributed by atoms with Gasteiger partial charge in [0.2, 0.25) is 11.8 Å². The molecule has 6 nitrogen and oxygen atoms in total. The van der Waals surface area contributed by atoms with E-state index in [4.69, 9.17) is 0 Å². The summed E-state index contributed by atoms with van der Waals surface area (Å²) in [6.45, 7) is 2.05. The number of nitrogens with one attached hydrogen (secondary N) is 1. The van der Waals surface area contributed by atoms with Crippen molar-refractivity contribution in [2.24, 2.45) is 0 Å². The van der Waals surface area contributed by atoms with Gasteiger partial charge in [0.1, 0.15) is 16.9 Å². The van der Waals surface area contributed by atoms with Crippen LogP contribution in [0.1, 0.15) is 23.6 Å². The average molecular weight is 445 g/mol. The maximum Gasteiger partial charge on any atom is 0.286 e. The normalized spacial score (nSPS) is 19.7. The number of hydrogen-bond acceptors (Lipinski definition) is 5. The second kappa shape index (κ2) is 9.15. The third kappa shape index (κ3) is 4.94. The molecule has 0 spiro atoms. The van der Waals surface area contributed by atoms with E-state index in [-0.39, 0.29) is 30.0 Å². The van der Waals surface area contributed by atoms with Gasteiger partial charge in [0.15, 0.2) is 0 Å². The molecule has 1 atom stereocenters. The summed E-state index contributed by atoms with van der Waals surface area (Å²) < 4.78 is 26.9. The van der Waals surface area contributed by atoms with E-state index in [1.165, 1.54) is 24.3 Å². The maximum atomic E-state index is 13.4. The van der Waals surface area contributed by atoms with Gasteiger partial charge in [-0.1, -0.05) is 36.0 Å². The Morgan fingerprint density at radius 2 is 1.45 bits per heavy atom. The molecule has 162 valence electrons. The number of carbonyl (C=O) groups excluding carboxylic acids is 3. The van der Waals surface area contributed by atoms with Gasteiger partial charge >= 0.3 is 0 Å². The zero-order valence-electron chi connectivity index (χ0n) is 16.6. The molecule has 4 rings (SSSR count). The number of amides is 3. The zero-order chi connectivity index (χ0) is 22.0. The summed E-state index contributed by atoms with van der Waals surface area (Å²) in [4.78, 5) is 39.5. The first-order valence-electron chi connectivity index (χ1n) is 9.95. The molecule has 2 saturated heterocycles. The summed E-state index contributed by atoms with van der Waals surface area (Å²) in [5.41, 5.74) is 1.76. The van der Waals surface area contributed by atoms with Crippen LogP contribution in [-0.2, 0) is 9.59 Å². The largest absolute Gasteiger partial charge is 0.340 e. The maximum absolute atomic E-state index is 13.4. The Balaban J connectivity index is 1.45. The van der Waals surface area contributed by atoms with E-state index in [0.29, 0.717) is 26.2 Å². The molecule has 31 heavy (non-hydrogen) atoms. The quantitative estimate of drug-likeness (QED) is 0.767. The van der Waals surface area contributed by atoms with Gasteiger partial charge in [-0.05, 0) is 35.4 Å². The smallest absolute Gasteiger partial charge is 0.286 e. The van der Waals surface area contributed by atoms with Gasteiger partial charge in [-0.3, -0.25) is 24.6 Å². The van der Waals surface area contributed by atoms with Crippen molar-refractivity contribution in [1.82, 2.24) is 15.1 Å². The number of hydrogen-bond donors (Lipinski definition) is 1. The topological polar surface area (TPSA) is 69.7 Å². The summed E-state index contributed by atoms with van der Waals surface area (Å²) >= 11 is 0.850. The van der Waals surface area contributed by atoms with Crippen LogP contribution in [0.15, 0.2) is 48.5 Å². The Bertz CT molecular complexity index is 931. The van der Waals surface area contributed by atoms with Crippen LogP contribution in [0.2, 0.25) is 0 Å². The highest BCUT2D eigenvalue weighted by Crippen LogP contribution is 2.30. The molecule has 2 heterocycles. The molecule has 9 heteroatoms. The number of thioether (sulfide) groups is 1. The van der Waals surface area contributed by atoms with Crippen molar-refractivity contribution >= 4 is 28.8 Å². The number of carbonyl (C=O) groups is 3. The highest BCUT2D eigenvalue weighted by Gasteiger charge is 2.35. The van der Waals surface area contributed by atoms with Gasteiger partial charge in [-0.25, -0.2) is 8.78 Å². The molecule has 0 aromatic heterocycles. The van der Waals surface area contributed by atoms with Crippen molar-refractivity contribution in [3.05, 3.63) is 71.3 Å². The van der Waals surface area contributed by atoms with Crippen LogP contribution in [0.25, 0.3) is 0 Å². The lowest BCUT2D eigenvalue weighted by Crippen LogP contribution is -2.50. The van der Waals surface area contributed by atoms with Gasteiger partial charge in [0.05, 0.1) is 6.04 Å². The molecule has 2 fully saturated rings. The molecule has 0 bridgehead atoms. The first kappa shape index (κ1) is 21.5. The average Bonchev–Trinajstić information content (AvgIpc) is 3.08. The standard InChI is InChI=1S/C22H21F2N3O3S/c23-16-5-1-14(2-6-16)20(15-3-7-17(24)8-4-15)27-11-9-26(10-12-27)19(28)13-18-21(29)25-22(30)31-18/h1-8,18,20H,9-13H2,(H,25,29,30)/t18-/m1/s1. The minimum absolute atomic E-state index is 0.0123. The van der Waals surface area contributed by atoms with Crippen LogP contribution in [-0.4, -0.2) is 58.3 Å². The molecule has 0 unspecified atom stereocenters. The highest BCUT2D eigenvalue weighted by atomic mass is 32.2. The lowest BCUT2D eigenvalue weighted by atomic mass is 9.96. The van der Waals surface area contributed by atoms with Crippen LogP contribution >= 0.6 is 11.8 Å². The molecule has 0 radical (unpaired) electrons. The molecule has 0 aliphatic carbocycles. The van der Waals surface area contributed by atoms with E-state index in [1.54, 1.807) is 29.2 Å². The van der Waals surface area contributed by atoms with Gasteiger partial charge in [0, 0.05) is 32.6 Å². The summed E-state index contributed by atoms with van der Waals surface area (Å²) in [5.74, 6) is -1.24. The number of nitrogens with zero attached hydrogens (tertiary/aromatic N) is 2. The van der Waals surface area contributed by atoms with Gasteiger partial charge in [-0.2, -0.15) is 0 Å². The number of piperazine rings is 1. The zero-order valence-corrected chi connectivity index (χ0v) is 17.4. The van der Waals surface area contributed by atoms with Crippen molar-refractivity contribution in [3.8, 4) is 0 Å². The van der Waals surface area contributed by atoms with Gasteiger partial charge in [-0.15, -0.1) is 0 Å². The minimum atomic E-state index is -0.677. The Labute approximate surface area is 182 Å². The fourth-order valence-corrected chi connectivity index (χ4v) is 4.76. The first-order valence-corrected chi connectivity index (χ1v) is 10.8. The van der Waals surface area contributed by atoms with Crippen LogP contribution in [0.4, 0.5) is 13.6 Å². The highest BCUT2D eigenvalue weighted by molar-refractivity contribution is 8.15. The number of imide groups is 1. The fourth-order valence-electron chi connectivity index (χ4n) is 3.95. The molecule has 2 aliphatic rings. The van der Waals surface area contributed by atoms with Crippen molar-refractivity contribution in [2.45, 2.75) is 17.7 Å². The van der Waals surface area contributed by atoms with Crippen molar-refractivity contribution in [3.63, 3.8) is 0 Å². The Hall–Kier alpha value is -2.78. The van der Waals surface area contributed by atoms with E-state index >= 15 is 0 Å². The van der Waals surface area contributed by atoms with Crippen LogP contribution in [0.3, 0.4) is 0 Å². The third-order valence-electron chi connectivity index (χ3n) is 5.53. The van der Waals surface area contributed by atoms with Crippen LogP contribution < -0.4 is 5.32 Å². The lowest BCUT2D eigenvalue weighted by Gasteiger charge is -2.40. The predicted molar refractivity (Wildman–Crippen MR) is 112 cm³/mol. The second-order valence-electron chi connectivity index (χ2n) is 7.51. The molecular weight excluding hydrogens is 424 g/mol. The molecule has 1 N–H and O–H groups in total. The first-order chi connectivity index (χ1) is 14.9. The van der Waals surface area contributed by atoms with Gasteiger partial charge < -0.3 is 4.90 Å². The molecule has 3 amide bonds. The predicted octanol–water partition coefficient (Wildman–Crippen LogP) is 2.94. The van der Waals surface area contributed by atoms with E-state index in [2.05, 4.69) is 10.2 Å². The summed E-state index contributed by atoms with van der Waals surface area (Å²) in [7, 11) is 0. The Morgan fingerprint density at radius 3 is 1.90 bits per heavy atom. The van der Waals surface area contributed by atoms with E-state index in [0.717, 1.165) is 22.9 Å².